The van der Waals surface area contributed by atoms with Gasteiger partial charge in [-0.3, -0.25) is 4.98 Å². The minimum absolute atomic E-state index is 0.0535. The van der Waals surface area contributed by atoms with Crippen LogP contribution in [-0.2, 0) is 9.31 Å². The second-order valence-corrected chi connectivity index (χ2v) is 5.63. The van der Waals surface area contributed by atoms with E-state index in [1.54, 1.807) is 0 Å². The van der Waals surface area contributed by atoms with Gasteiger partial charge in [-0.05, 0) is 33.8 Å². The number of nitrogens with zero attached hydrogens (tertiary/aromatic N) is 1. The Bertz CT molecular complexity index is 479. The van der Waals surface area contributed by atoms with Gasteiger partial charge < -0.3 is 15.0 Å². The minimum atomic E-state index is -2.69. The number of aromatic nitrogens is 1. The molecule has 2 rings (SSSR count). The molecular weight excluding hydrogens is 253 g/mol. The van der Waals surface area contributed by atoms with Crippen molar-refractivity contribution in [3.63, 3.8) is 0 Å². The Balaban J connectivity index is 2.28. The second-order valence-electron chi connectivity index (χ2n) is 5.63. The topological polar surface area (TPSA) is 57.4 Å². The summed E-state index contributed by atoms with van der Waals surface area (Å²) in [5.74, 6) is 0. The maximum atomic E-state index is 12.6. The summed E-state index contributed by atoms with van der Waals surface area (Å²) in [5.41, 5.74) is 4.66. The standard InChI is InChI=1S/C12H17BF2N2O2/c1-11(2)12(3,4)19-13(18-11)7-5-8(16)9(10(14)15)17-6-7/h5-6,10H,16H2,1-4H3. The molecule has 0 bridgehead atoms. The fraction of sp³-hybridized carbons (Fsp3) is 0.583. The van der Waals surface area contributed by atoms with Gasteiger partial charge >= 0.3 is 7.12 Å². The number of rotatable bonds is 2. The number of nitrogen functional groups attached to an aromatic ring is 1. The van der Waals surface area contributed by atoms with Crippen LogP contribution in [0, 0.1) is 0 Å². The largest absolute Gasteiger partial charge is 0.496 e. The minimum Gasteiger partial charge on any atom is -0.399 e. The van der Waals surface area contributed by atoms with E-state index in [0.717, 1.165) is 0 Å². The van der Waals surface area contributed by atoms with Crippen LogP contribution >= 0.6 is 0 Å². The summed E-state index contributed by atoms with van der Waals surface area (Å²) in [6.45, 7) is 7.66. The van der Waals surface area contributed by atoms with Crippen molar-refractivity contribution in [2.45, 2.75) is 45.3 Å². The van der Waals surface area contributed by atoms with Crippen molar-refractivity contribution in [2.24, 2.45) is 0 Å². The van der Waals surface area contributed by atoms with Crippen molar-refractivity contribution in [3.05, 3.63) is 18.0 Å². The predicted molar refractivity (Wildman–Crippen MR) is 69.3 cm³/mol. The number of nitrogens with two attached hydrogens (primary N) is 1. The molecule has 1 aromatic rings. The molecule has 1 saturated heterocycles. The number of anilines is 1. The Morgan fingerprint density at radius 3 is 2.16 bits per heavy atom. The van der Waals surface area contributed by atoms with Gasteiger partial charge in [0.2, 0.25) is 0 Å². The molecule has 1 aliphatic heterocycles. The smallest absolute Gasteiger partial charge is 0.399 e. The van der Waals surface area contributed by atoms with E-state index in [4.69, 9.17) is 15.0 Å². The van der Waals surface area contributed by atoms with Crippen LogP contribution in [0.5, 0.6) is 0 Å². The van der Waals surface area contributed by atoms with Crippen molar-refractivity contribution in [3.8, 4) is 0 Å². The van der Waals surface area contributed by atoms with E-state index < -0.39 is 30.4 Å². The first kappa shape index (κ1) is 14.2. The number of pyridine rings is 1. The number of hydrogen-bond donors (Lipinski definition) is 1. The molecule has 1 aliphatic rings. The SMILES string of the molecule is CC1(C)OB(c2cnc(C(F)F)c(N)c2)OC1(C)C. The fourth-order valence-corrected chi connectivity index (χ4v) is 1.80. The van der Waals surface area contributed by atoms with Crippen LogP contribution in [0.15, 0.2) is 12.3 Å². The van der Waals surface area contributed by atoms with Crippen molar-refractivity contribution in [1.29, 1.82) is 0 Å². The van der Waals surface area contributed by atoms with Gasteiger partial charge in [0.15, 0.2) is 0 Å². The van der Waals surface area contributed by atoms with E-state index in [1.165, 1.54) is 12.3 Å². The molecule has 1 fully saturated rings. The molecule has 0 aliphatic carbocycles. The normalized spacial score (nSPS) is 21.1. The van der Waals surface area contributed by atoms with Gasteiger partial charge in [0, 0.05) is 11.7 Å². The lowest BCUT2D eigenvalue weighted by atomic mass is 9.80. The lowest BCUT2D eigenvalue weighted by molar-refractivity contribution is 0.00578. The Labute approximate surface area is 111 Å². The van der Waals surface area contributed by atoms with Crippen LogP contribution in [0.1, 0.15) is 39.8 Å². The quantitative estimate of drug-likeness (QED) is 0.834. The fourth-order valence-electron chi connectivity index (χ4n) is 1.80. The van der Waals surface area contributed by atoms with Gasteiger partial charge in [0.05, 0.1) is 16.9 Å². The highest BCUT2D eigenvalue weighted by atomic mass is 19.3. The van der Waals surface area contributed by atoms with E-state index >= 15 is 0 Å². The summed E-state index contributed by atoms with van der Waals surface area (Å²) < 4.78 is 36.8. The summed E-state index contributed by atoms with van der Waals surface area (Å²) in [6, 6.07) is 1.43. The lowest BCUT2D eigenvalue weighted by Gasteiger charge is -2.32. The molecular formula is C12H17BF2N2O2. The van der Waals surface area contributed by atoms with Crippen LogP contribution in [0.25, 0.3) is 0 Å². The molecule has 0 spiro atoms. The second kappa shape index (κ2) is 4.42. The van der Waals surface area contributed by atoms with Crippen LogP contribution in [0.2, 0.25) is 0 Å². The summed E-state index contributed by atoms with van der Waals surface area (Å²) in [7, 11) is -0.647. The summed E-state index contributed by atoms with van der Waals surface area (Å²) in [5, 5.41) is 0. The first-order valence-electron chi connectivity index (χ1n) is 6.03. The van der Waals surface area contributed by atoms with E-state index in [9.17, 15) is 8.78 Å². The van der Waals surface area contributed by atoms with Gasteiger partial charge in [-0.25, -0.2) is 8.78 Å². The number of halogens is 2. The highest BCUT2D eigenvalue weighted by Crippen LogP contribution is 2.36. The molecule has 0 saturated carbocycles. The molecule has 104 valence electrons. The molecule has 2 heterocycles. The monoisotopic (exact) mass is 270 g/mol. The Hall–Kier alpha value is -1.21. The molecule has 7 heteroatoms. The Kier molecular flexibility index (Phi) is 3.30. The number of hydrogen-bond acceptors (Lipinski definition) is 4. The van der Waals surface area contributed by atoms with Gasteiger partial charge in [-0.15, -0.1) is 0 Å². The maximum absolute atomic E-state index is 12.6. The summed E-state index contributed by atoms with van der Waals surface area (Å²) in [6.07, 6.45) is -1.37. The van der Waals surface area contributed by atoms with Crippen LogP contribution in [0.3, 0.4) is 0 Å². The van der Waals surface area contributed by atoms with Crippen molar-refractivity contribution in [2.75, 3.05) is 5.73 Å². The van der Waals surface area contributed by atoms with Crippen LogP contribution in [0.4, 0.5) is 14.5 Å². The van der Waals surface area contributed by atoms with Gasteiger partial charge in [0.25, 0.3) is 6.43 Å². The third-order valence-electron chi connectivity index (χ3n) is 3.70. The highest BCUT2D eigenvalue weighted by Gasteiger charge is 2.51. The zero-order valence-electron chi connectivity index (χ0n) is 11.4. The van der Waals surface area contributed by atoms with Gasteiger partial charge in [-0.1, -0.05) is 0 Å². The lowest BCUT2D eigenvalue weighted by Crippen LogP contribution is -2.41. The molecule has 0 amide bonds. The van der Waals surface area contributed by atoms with Crippen molar-refractivity contribution < 1.29 is 18.1 Å². The molecule has 4 nitrogen and oxygen atoms in total. The van der Waals surface area contributed by atoms with E-state index in [0.29, 0.717) is 5.46 Å². The van der Waals surface area contributed by atoms with E-state index in [2.05, 4.69) is 4.98 Å². The van der Waals surface area contributed by atoms with Crippen molar-refractivity contribution in [1.82, 2.24) is 4.98 Å². The van der Waals surface area contributed by atoms with Crippen LogP contribution in [-0.4, -0.2) is 23.3 Å². The summed E-state index contributed by atoms with van der Waals surface area (Å²) >= 11 is 0. The third kappa shape index (κ3) is 2.44. The molecule has 1 aromatic heterocycles. The average molecular weight is 270 g/mol. The third-order valence-corrected chi connectivity index (χ3v) is 3.70. The molecule has 2 N–H and O–H groups in total. The Morgan fingerprint density at radius 1 is 1.21 bits per heavy atom. The molecule has 0 aromatic carbocycles. The first-order chi connectivity index (χ1) is 8.64. The molecule has 0 atom stereocenters. The zero-order valence-corrected chi connectivity index (χ0v) is 11.4. The number of alkyl halides is 2. The summed E-state index contributed by atoms with van der Waals surface area (Å²) in [4.78, 5) is 3.68. The average Bonchev–Trinajstić information content (AvgIpc) is 2.47. The molecule has 0 radical (unpaired) electrons. The maximum Gasteiger partial charge on any atom is 0.496 e. The highest BCUT2D eigenvalue weighted by molar-refractivity contribution is 6.62. The van der Waals surface area contributed by atoms with Gasteiger partial charge in [-0.2, -0.15) is 0 Å². The molecule has 19 heavy (non-hydrogen) atoms. The van der Waals surface area contributed by atoms with E-state index in [-0.39, 0.29) is 5.69 Å². The van der Waals surface area contributed by atoms with E-state index in [1.807, 2.05) is 27.7 Å². The van der Waals surface area contributed by atoms with Crippen molar-refractivity contribution >= 4 is 18.3 Å². The van der Waals surface area contributed by atoms with Gasteiger partial charge in [0.1, 0.15) is 5.69 Å². The molecule has 0 unspecified atom stereocenters. The first-order valence-corrected chi connectivity index (χ1v) is 6.03. The zero-order chi connectivity index (χ0) is 14.4. The predicted octanol–water partition coefficient (Wildman–Crippen LogP) is 1.90. The Morgan fingerprint density at radius 2 is 1.74 bits per heavy atom. The van der Waals surface area contributed by atoms with Crippen LogP contribution < -0.4 is 11.2 Å².